The summed E-state index contributed by atoms with van der Waals surface area (Å²) in [4.78, 5) is 27.5. The van der Waals surface area contributed by atoms with E-state index in [1.54, 1.807) is 43.9 Å². The van der Waals surface area contributed by atoms with Crippen LogP contribution >= 0.6 is 23.4 Å². The molecule has 0 aromatic heterocycles. The minimum Gasteiger partial charge on any atom is -0.444 e. The summed E-state index contributed by atoms with van der Waals surface area (Å²) in [5, 5.41) is 3.35. The number of ether oxygens (including phenoxy) is 1. The number of hydrogen-bond acceptors (Lipinski definition) is 5. The van der Waals surface area contributed by atoms with E-state index in [1.165, 1.54) is 11.8 Å². The number of benzene rings is 2. The Morgan fingerprint density at radius 1 is 1.27 bits per heavy atom. The van der Waals surface area contributed by atoms with E-state index >= 15 is 0 Å². The van der Waals surface area contributed by atoms with Gasteiger partial charge in [0.05, 0.1) is 5.69 Å². The third-order valence-electron chi connectivity index (χ3n) is 4.48. The molecule has 0 aliphatic carbocycles. The SMILES string of the molecule is CCCN1C(=O)C(NC(=O)OC(C)(C)C)(Sc2ccc(Cl)cc2N)c2ccccc21. The summed E-state index contributed by atoms with van der Waals surface area (Å²) >= 11 is 7.23. The number of hydrogen-bond donors (Lipinski definition) is 2. The maximum absolute atomic E-state index is 13.7. The molecule has 2 aromatic carbocycles. The molecule has 160 valence electrons. The van der Waals surface area contributed by atoms with Crippen LogP contribution in [0.25, 0.3) is 0 Å². The van der Waals surface area contributed by atoms with E-state index in [2.05, 4.69) is 5.32 Å². The number of thioether (sulfide) groups is 1. The largest absolute Gasteiger partial charge is 0.444 e. The van der Waals surface area contributed by atoms with E-state index in [0.717, 1.165) is 12.1 Å². The molecule has 6 nitrogen and oxygen atoms in total. The van der Waals surface area contributed by atoms with Crippen molar-refractivity contribution in [1.82, 2.24) is 5.32 Å². The predicted octanol–water partition coefficient (Wildman–Crippen LogP) is 5.15. The Morgan fingerprint density at radius 2 is 1.97 bits per heavy atom. The number of nitrogens with zero attached hydrogens (tertiary/aromatic N) is 1. The Morgan fingerprint density at radius 3 is 2.60 bits per heavy atom. The number of carbonyl (C=O) groups excluding carboxylic acids is 2. The molecule has 1 atom stereocenters. The van der Waals surface area contributed by atoms with Gasteiger partial charge in [-0.05, 0) is 51.5 Å². The molecule has 2 amide bonds. The molecule has 30 heavy (non-hydrogen) atoms. The number of nitrogen functional groups attached to an aromatic ring is 1. The summed E-state index contributed by atoms with van der Waals surface area (Å²) in [6, 6.07) is 12.5. The van der Waals surface area contributed by atoms with Gasteiger partial charge in [-0.25, -0.2) is 4.79 Å². The molecular weight excluding hydrogens is 422 g/mol. The molecular formula is C22H26ClN3O3S. The fraction of sp³-hybridized carbons (Fsp3) is 0.364. The normalized spacial score (nSPS) is 18.3. The third kappa shape index (κ3) is 4.37. The number of fused-ring (bicyclic) bond motifs is 1. The molecule has 1 aliphatic rings. The predicted molar refractivity (Wildman–Crippen MR) is 122 cm³/mol. The average molecular weight is 448 g/mol. The highest BCUT2D eigenvalue weighted by atomic mass is 35.5. The van der Waals surface area contributed by atoms with Gasteiger partial charge in [0.2, 0.25) is 4.87 Å². The second-order valence-corrected chi connectivity index (χ2v) is 9.76. The Hall–Kier alpha value is -2.38. The smallest absolute Gasteiger partial charge is 0.409 e. The van der Waals surface area contributed by atoms with Gasteiger partial charge in [0.25, 0.3) is 5.91 Å². The summed E-state index contributed by atoms with van der Waals surface area (Å²) in [5.41, 5.74) is 7.35. The monoisotopic (exact) mass is 447 g/mol. The first-order valence-electron chi connectivity index (χ1n) is 9.74. The highest BCUT2D eigenvalue weighted by Crippen LogP contribution is 2.51. The van der Waals surface area contributed by atoms with Crippen molar-refractivity contribution < 1.29 is 14.3 Å². The summed E-state index contributed by atoms with van der Waals surface area (Å²) in [5.74, 6) is -0.240. The van der Waals surface area contributed by atoms with Gasteiger partial charge in [-0.1, -0.05) is 48.5 Å². The fourth-order valence-corrected chi connectivity index (χ4v) is 4.77. The number of para-hydroxylation sites is 1. The van der Waals surface area contributed by atoms with Crippen LogP contribution in [0, 0.1) is 0 Å². The standard InChI is InChI=1S/C22H26ClN3O3S/c1-5-12-26-17-9-7-6-8-15(17)22(19(26)27,25-20(28)29-21(2,3)4)30-18-11-10-14(23)13-16(18)24/h6-11,13H,5,12,24H2,1-4H3,(H,25,28). The number of anilines is 2. The van der Waals surface area contributed by atoms with Gasteiger partial charge >= 0.3 is 6.09 Å². The Labute approximate surface area is 186 Å². The van der Waals surface area contributed by atoms with Crippen molar-refractivity contribution in [3.05, 3.63) is 53.1 Å². The number of nitrogens with one attached hydrogen (secondary N) is 1. The molecule has 8 heteroatoms. The quantitative estimate of drug-likeness (QED) is 0.489. The van der Waals surface area contributed by atoms with Crippen LogP contribution in [0.5, 0.6) is 0 Å². The second kappa shape index (κ2) is 8.40. The van der Waals surface area contributed by atoms with E-state index in [-0.39, 0.29) is 5.91 Å². The second-order valence-electron chi connectivity index (χ2n) is 8.07. The first-order valence-corrected chi connectivity index (χ1v) is 10.9. The van der Waals surface area contributed by atoms with E-state index in [9.17, 15) is 9.59 Å². The highest BCUT2D eigenvalue weighted by molar-refractivity contribution is 8.01. The molecule has 1 unspecified atom stereocenters. The lowest BCUT2D eigenvalue weighted by molar-refractivity contribution is -0.121. The maximum Gasteiger partial charge on any atom is 0.409 e. The molecule has 0 bridgehead atoms. The molecule has 0 saturated heterocycles. The van der Waals surface area contributed by atoms with Crippen LogP contribution in [-0.2, 0) is 14.4 Å². The van der Waals surface area contributed by atoms with E-state index in [1.807, 2.05) is 31.2 Å². The van der Waals surface area contributed by atoms with Gasteiger partial charge in [-0.2, -0.15) is 0 Å². The molecule has 3 N–H and O–H groups in total. The van der Waals surface area contributed by atoms with Gasteiger partial charge in [0.15, 0.2) is 0 Å². The van der Waals surface area contributed by atoms with Crippen LogP contribution in [-0.4, -0.2) is 24.1 Å². The molecule has 0 radical (unpaired) electrons. The summed E-state index contributed by atoms with van der Waals surface area (Å²) in [7, 11) is 0. The maximum atomic E-state index is 13.7. The average Bonchev–Trinajstić information content (AvgIpc) is 2.86. The van der Waals surface area contributed by atoms with Crippen LogP contribution in [0.1, 0.15) is 39.7 Å². The van der Waals surface area contributed by atoms with E-state index < -0.39 is 16.6 Å². The van der Waals surface area contributed by atoms with Crippen LogP contribution in [0.4, 0.5) is 16.2 Å². The fourth-order valence-electron chi connectivity index (χ4n) is 3.34. The number of amides is 2. The van der Waals surface area contributed by atoms with E-state index in [4.69, 9.17) is 22.1 Å². The first-order chi connectivity index (χ1) is 14.1. The molecule has 0 fully saturated rings. The van der Waals surface area contributed by atoms with Crippen LogP contribution in [0.15, 0.2) is 47.4 Å². The zero-order valence-electron chi connectivity index (χ0n) is 17.5. The molecule has 2 aromatic rings. The van der Waals surface area contributed by atoms with Crippen molar-refractivity contribution in [3.63, 3.8) is 0 Å². The topological polar surface area (TPSA) is 84.7 Å². The lowest BCUT2D eigenvalue weighted by atomic mass is 10.1. The minimum absolute atomic E-state index is 0.240. The van der Waals surface area contributed by atoms with Gasteiger partial charge < -0.3 is 15.4 Å². The van der Waals surface area contributed by atoms with Crippen molar-refractivity contribution in [1.29, 1.82) is 0 Å². The van der Waals surface area contributed by atoms with Crippen LogP contribution in [0.2, 0.25) is 5.02 Å². The molecule has 3 rings (SSSR count). The summed E-state index contributed by atoms with van der Waals surface area (Å²) in [6.07, 6.45) is 0.0973. The van der Waals surface area contributed by atoms with Crippen LogP contribution < -0.4 is 16.0 Å². The summed E-state index contributed by atoms with van der Waals surface area (Å²) in [6.45, 7) is 7.86. The van der Waals surface area contributed by atoms with Crippen molar-refractivity contribution >= 4 is 46.7 Å². The lowest BCUT2D eigenvalue weighted by Gasteiger charge is -2.31. The number of rotatable bonds is 5. The van der Waals surface area contributed by atoms with Crippen LogP contribution in [0.3, 0.4) is 0 Å². The Kier molecular flexibility index (Phi) is 6.24. The Balaban J connectivity index is 2.12. The number of nitrogens with two attached hydrogens (primary N) is 1. The Bertz CT molecular complexity index is 976. The number of alkyl carbamates (subject to hydrolysis) is 1. The number of carbonyl (C=O) groups is 2. The zero-order chi connectivity index (χ0) is 22.1. The molecule has 1 aliphatic heterocycles. The van der Waals surface area contributed by atoms with Crippen molar-refractivity contribution in [2.45, 2.75) is 49.5 Å². The molecule has 0 spiro atoms. The van der Waals surface area contributed by atoms with E-state index in [0.29, 0.717) is 27.7 Å². The van der Waals surface area contributed by atoms with Gasteiger partial charge in [0.1, 0.15) is 5.60 Å². The highest BCUT2D eigenvalue weighted by Gasteiger charge is 2.53. The summed E-state index contributed by atoms with van der Waals surface area (Å²) < 4.78 is 5.48. The first kappa shape index (κ1) is 22.3. The van der Waals surface area contributed by atoms with Crippen molar-refractivity contribution in [2.75, 3.05) is 17.2 Å². The van der Waals surface area contributed by atoms with Crippen molar-refractivity contribution in [3.8, 4) is 0 Å². The van der Waals surface area contributed by atoms with Gasteiger partial charge in [0, 0.05) is 27.7 Å². The number of halogens is 1. The molecule has 1 heterocycles. The zero-order valence-corrected chi connectivity index (χ0v) is 19.1. The third-order valence-corrected chi connectivity index (χ3v) is 6.11. The van der Waals surface area contributed by atoms with Gasteiger partial charge in [-0.3, -0.25) is 10.1 Å². The lowest BCUT2D eigenvalue weighted by Crippen LogP contribution is -2.52. The van der Waals surface area contributed by atoms with Gasteiger partial charge in [-0.15, -0.1) is 0 Å². The molecule has 0 saturated carbocycles. The van der Waals surface area contributed by atoms with Crippen molar-refractivity contribution in [2.24, 2.45) is 0 Å². The minimum atomic E-state index is -1.41.